The van der Waals surface area contributed by atoms with Crippen LogP contribution in [0, 0.1) is 0 Å². The van der Waals surface area contributed by atoms with Crippen molar-refractivity contribution in [3.05, 3.63) is 27.5 Å². The van der Waals surface area contributed by atoms with E-state index in [-0.39, 0.29) is 10.2 Å². The lowest BCUT2D eigenvalue weighted by atomic mass is 10.1. The lowest BCUT2D eigenvalue weighted by molar-refractivity contribution is -0.144. The van der Waals surface area contributed by atoms with Gasteiger partial charge in [0.1, 0.15) is 0 Å². The minimum Gasteiger partial charge on any atom is -0.469 e. The maximum Gasteiger partial charge on any atom is 0.433 e. The maximum absolute atomic E-state index is 12.6. The van der Waals surface area contributed by atoms with Gasteiger partial charge in [0.15, 0.2) is 5.69 Å². The van der Waals surface area contributed by atoms with Gasteiger partial charge in [0.25, 0.3) is 6.43 Å². The average Bonchev–Trinajstić information content (AvgIpc) is 2.29. The minimum absolute atomic E-state index is 0.110. The molecule has 0 saturated heterocycles. The van der Waals surface area contributed by atoms with Crippen LogP contribution < -0.4 is 0 Å². The van der Waals surface area contributed by atoms with Gasteiger partial charge in [0.2, 0.25) is 0 Å². The molecule has 0 spiro atoms. The normalized spacial score (nSPS) is 11.8. The molecular weight excluding hydrogens is 341 g/mol. The monoisotopic (exact) mass is 347 g/mol. The second-order valence-corrected chi connectivity index (χ2v) is 4.26. The van der Waals surface area contributed by atoms with Crippen LogP contribution in [0.4, 0.5) is 22.0 Å². The van der Waals surface area contributed by atoms with Crippen molar-refractivity contribution >= 4 is 21.9 Å². The first-order valence-electron chi connectivity index (χ1n) is 4.78. The fraction of sp³-hybridized carbons (Fsp3) is 0.400. The summed E-state index contributed by atoms with van der Waals surface area (Å²) in [5, 5.41) is 0. The van der Waals surface area contributed by atoms with Crippen molar-refractivity contribution in [3.63, 3.8) is 0 Å². The Hall–Kier alpha value is -1.25. The molecule has 0 aliphatic carbocycles. The van der Waals surface area contributed by atoms with Gasteiger partial charge >= 0.3 is 12.1 Å². The van der Waals surface area contributed by atoms with Gasteiger partial charge in [-0.3, -0.25) is 4.79 Å². The van der Waals surface area contributed by atoms with Crippen molar-refractivity contribution in [2.24, 2.45) is 0 Å². The molecule has 0 saturated carbocycles. The molecular formula is C10H7BrF5NO2. The van der Waals surface area contributed by atoms with Gasteiger partial charge in [-0.15, -0.1) is 0 Å². The number of esters is 1. The molecule has 0 bridgehead atoms. The van der Waals surface area contributed by atoms with E-state index in [9.17, 15) is 26.7 Å². The minimum atomic E-state index is -5.03. The molecule has 106 valence electrons. The zero-order valence-corrected chi connectivity index (χ0v) is 11.0. The Kier molecular flexibility index (Phi) is 4.83. The van der Waals surface area contributed by atoms with E-state index in [4.69, 9.17) is 0 Å². The van der Waals surface area contributed by atoms with Gasteiger partial charge in [0.05, 0.1) is 19.2 Å². The molecule has 0 amide bonds. The molecule has 1 rings (SSSR count). The average molecular weight is 348 g/mol. The first-order chi connectivity index (χ1) is 8.66. The smallest absolute Gasteiger partial charge is 0.433 e. The summed E-state index contributed by atoms with van der Waals surface area (Å²) in [6, 6.07) is 0.610. The summed E-state index contributed by atoms with van der Waals surface area (Å²) >= 11 is 2.80. The van der Waals surface area contributed by atoms with Crippen LogP contribution in [0.5, 0.6) is 0 Å². The number of ether oxygens (including phenoxy) is 1. The molecule has 0 atom stereocenters. The van der Waals surface area contributed by atoms with Gasteiger partial charge in [-0.05, 0) is 22.0 Å². The predicted octanol–water partition coefficient (Wildman–Crippen LogP) is 3.52. The Morgan fingerprint density at radius 2 is 2.05 bits per heavy atom. The van der Waals surface area contributed by atoms with Gasteiger partial charge < -0.3 is 4.74 Å². The lowest BCUT2D eigenvalue weighted by Gasteiger charge is -2.14. The number of pyridine rings is 1. The highest BCUT2D eigenvalue weighted by Gasteiger charge is 2.38. The number of carbonyl (C=O) groups is 1. The van der Waals surface area contributed by atoms with Crippen LogP contribution >= 0.6 is 15.9 Å². The van der Waals surface area contributed by atoms with Crippen molar-refractivity contribution in [1.29, 1.82) is 0 Å². The summed E-state index contributed by atoms with van der Waals surface area (Å²) in [5.41, 5.74) is -3.26. The zero-order chi connectivity index (χ0) is 14.8. The number of carbonyl (C=O) groups excluding carboxylic acids is 1. The van der Waals surface area contributed by atoms with Gasteiger partial charge in [-0.2, -0.15) is 13.2 Å². The molecule has 1 aromatic rings. The first kappa shape index (κ1) is 15.8. The number of hydrogen-bond donors (Lipinski definition) is 0. The molecule has 0 N–H and O–H groups in total. The second kappa shape index (κ2) is 5.81. The molecule has 19 heavy (non-hydrogen) atoms. The molecule has 0 aliphatic rings. The van der Waals surface area contributed by atoms with E-state index >= 15 is 0 Å². The van der Waals surface area contributed by atoms with Gasteiger partial charge in [-0.25, -0.2) is 13.8 Å². The van der Waals surface area contributed by atoms with Crippen LogP contribution in [0.15, 0.2) is 10.5 Å². The van der Waals surface area contributed by atoms with E-state index in [1.165, 1.54) is 0 Å². The standard InChI is InChI=1S/C10H7BrF5NO2/c1-19-7(18)3-6-5(11)2-4(9(12)13)8(17-6)10(14,15)16/h2,9H,3H2,1H3. The fourth-order valence-electron chi connectivity index (χ4n) is 1.27. The second-order valence-electron chi connectivity index (χ2n) is 3.41. The predicted molar refractivity (Wildman–Crippen MR) is 57.6 cm³/mol. The van der Waals surface area contributed by atoms with Crippen molar-refractivity contribution in [2.45, 2.75) is 19.0 Å². The Bertz CT molecular complexity index is 490. The van der Waals surface area contributed by atoms with Crippen LogP contribution in [0.3, 0.4) is 0 Å². The van der Waals surface area contributed by atoms with Gasteiger partial charge in [0, 0.05) is 10.0 Å². The summed E-state index contributed by atoms with van der Waals surface area (Å²) in [6.07, 6.45) is -8.91. The Labute approximate surface area is 112 Å². The third kappa shape index (κ3) is 3.85. The van der Waals surface area contributed by atoms with Crippen molar-refractivity contribution in [3.8, 4) is 0 Å². The van der Waals surface area contributed by atoms with Crippen molar-refractivity contribution in [2.75, 3.05) is 7.11 Å². The number of rotatable bonds is 3. The third-order valence-electron chi connectivity index (χ3n) is 2.12. The molecule has 0 fully saturated rings. The molecule has 1 heterocycles. The zero-order valence-electron chi connectivity index (χ0n) is 9.39. The fourth-order valence-corrected chi connectivity index (χ4v) is 1.74. The highest BCUT2D eigenvalue weighted by molar-refractivity contribution is 9.10. The van der Waals surface area contributed by atoms with E-state index in [1.807, 2.05) is 0 Å². The highest BCUT2D eigenvalue weighted by atomic mass is 79.9. The number of halogens is 6. The molecule has 0 aliphatic heterocycles. The summed E-state index contributed by atoms with van der Waals surface area (Å²) in [5.74, 6) is -0.828. The third-order valence-corrected chi connectivity index (χ3v) is 2.81. The van der Waals surface area contributed by atoms with E-state index in [0.29, 0.717) is 6.07 Å². The van der Waals surface area contributed by atoms with Crippen molar-refractivity contribution < 1.29 is 31.5 Å². The number of aromatic nitrogens is 1. The summed E-state index contributed by atoms with van der Waals surface area (Å²) in [4.78, 5) is 14.1. The lowest BCUT2D eigenvalue weighted by Crippen LogP contribution is -2.16. The number of nitrogens with zero attached hydrogens (tertiary/aromatic N) is 1. The largest absolute Gasteiger partial charge is 0.469 e. The van der Waals surface area contributed by atoms with Crippen LogP contribution in [0.1, 0.15) is 23.4 Å². The van der Waals surface area contributed by atoms with Crippen LogP contribution in [0.2, 0.25) is 0 Å². The first-order valence-corrected chi connectivity index (χ1v) is 5.57. The van der Waals surface area contributed by atoms with E-state index in [0.717, 1.165) is 7.11 Å². The molecule has 0 aromatic carbocycles. The molecule has 9 heteroatoms. The van der Waals surface area contributed by atoms with Gasteiger partial charge in [-0.1, -0.05) is 0 Å². The SMILES string of the molecule is COC(=O)Cc1nc(C(F)(F)F)c(C(F)F)cc1Br. The number of hydrogen-bond acceptors (Lipinski definition) is 3. The van der Waals surface area contributed by atoms with Crippen LogP contribution in [-0.4, -0.2) is 18.1 Å². The molecule has 1 aromatic heterocycles. The molecule has 0 unspecified atom stereocenters. The van der Waals surface area contributed by atoms with Crippen LogP contribution in [0.25, 0.3) is 0 Å². The quantitative estimate of drug-likeness (QED) is 0.620. The topological polar surface area (TPSA) is 39.2 Å². The van der Waals surface area contributed by atoms with Crippen molar-refractivity contribution in [1.82, 2.24) is 4.98 Å². The Balaban J connectivity index is 3.34. The Morgan fingerprint density at radius 1 is 1.47 bits per heavy atom. The van der Waals surface area contributed by atoms with E-state index in [1.54, 1.807) is 0 Å². The molecule has 3 nitrogen and oxygen atoms in total. The Morgan fingerprint density at radius 3 is 2.47 bits per heavy atom. The maximum atomic E-state index is 12.6. The summed E-state index contributed by atoms with van der Waals surface area (Å²) in [6.45, 7) is 0. The van der Waals surface area contributed by atoms with E-state index < -0.39 is 36.2 Å². The summed E-state index contributed by atoms with van der Waals surface area (Å²) in [7, 11) is 1.05. The van der Waals surface area contributed by atoms with E-state index in [2.05, 4.69) is 25.7 Å². The van der Waals surface area contributed by atoms with Crippen LogP contribution in [-0.2, 0) is 22.1 Å². The summed E-state index contributed by atoms with van der Waals surface area (Å²) < 4.78 is 67.1. The molecule has 0 radical (unpaired) electrons. The number of alkyl halides is 5. The number of methoxy groups -OCH3 is 1. The highest BCUT2D eigenvalue weighted by Crippen LogP contribution is 2.37.